The molecule has 0 radical (unpaired) electrons. The van der Waals surface area contributed by atoms with Crippen LogP contribution < -0.4 is 16.0 Å². The van der Waals surface area contributed by atoms with Crippen molar-refractivity contribution in [3.63, 3.8) is 0 Å². The molecular formula is C24H29N5O5. The number of rotatable bonds is 7. The van der Waals surface area contributed by atoms with Gasteiger partial charge in [-0.25, -0.2) is 0 Å². The molecule has 1 aliphatic rings. The Balaban J connectivity index is 1.56. The molecule has 180 valence electrons. The summed E-state index contributed by atoms with van der Waals surface area (Å²) in [6, 6.07) is 7.83. The lowest BCUT2D eigenvalue weighted by Gasteiger charge is -2.24. The summed E-state index contributed by atoms with van der Waals surface area (Å²) in [5.74, 6) is -3.00. The highest BCUT2D eigenvalue weighted by molar-refractivity contribution is 6.38. The zero-order valence-corrected chi connectivity index (χ0v) is 19.5. The minimum atomic E-state index is -0.920. The number of pyridine rings is 1. The highest BCUT2D eigenvalue weighted by Crippen LogP contribution is 2.19. The van der Waals surface area contributed by atoms with Crippen molar-refractivity contribution >= 4 is 40.3 Å². The molecule has 0 spiro atoms. The maximum absolute atomic E-state index is 12.8. The fourth-order valence-corrected chi connectivity index (χ4v) is 3.85. The zero-order chi connectivity index (χ0) is 24.9. The molecular weight excluding hydrogens is 438 g/mol. The molecule has 1 aliphatic heterocycles. The number of amides is 4. The van der Waals surface area contributed by atoms with E-state index < -0.39 is 41.0 Å². The van der Waals surface area contributed by atoms with Gasteiger partial charge in [0.25, 0.3) is 11.8 Å². The number of likely N-dealkylation sites (tertiary alicyclic amines) is 1. The second-order valence-electron chi connectivity index (χ2n) is 9.15. The molecule has 1 aromatic carbocycles. The zero-order valence-electron chi connectivity index (χ0n) is 19.5. The highest BCUT2D eigenvalue weighted by atomic mass is 16.2. The average molecular weight is 468 g/mol. The number of aromatic nitrogens is 1. The van der Waals surface area contributed by atoms with Gasteiger partial charge in [-0.05, 0) is 45.7 Å². The lowest BCUT2D eigenvalue weighted by atomic mass is 10.1. The molecule has 1 atom stereocenters. The van der Waals surface area contributed by atoms with E-state index in [2.05, 4.69) is 20.9 Å². The Kier molecular flexibility index (Phi) is 7.60. The maximum atomic E-state index is 12.8. The van der Waals surface area contributed by atoms with Crippen LogP contribution in [0.15, 0.2) is 36.5 Å². The Morgan fingerprint density at radius 2 is 1.76 bits per heavy atom. The molecule has 2 heterocycles. The van der Waals surface area contributed by atoms with Gasteiger partial charge in [0.15, 0.2) is 0 Å². The minimum absolute atomic E-state index is 0.307. The van der Waals surface area contributed by atoms with Crippen molar-refractivity contribution in [3.8, 4) is 0 Å². The predicted molar refractivity (Wildman–Crippen MR) is 125 cm³/mol. The molecule has 1 aromatic heterocycles. The highest BCUT2D eigenvalue weighted by Gasteiger charge is 2.37. The molecule has 2 aromatic rings. The lowest BCUT2D eigenvalue weighted by Crippen LogP contribution is -2.51. The van der Waals surface area contributed by atoms with E-state index in [1.165, 1.54) is 11.1 Å². The predicted octanol–water partition coefficient (Wildman–Crippen LogP) is 0.556. The van der Waals surface area contributed by atoms with E-state index in [4.69, 9.17) is 0 Å². The number of hydrogen-bond donors (Lipinski definition) is 3. The SMILES string of the molecule is CC(C)(C)NC(=O)CNC(=O)C(=O)[C@@H]1CCCN1C(=O)CNC(=O)c1ccnc2ccccc12. The second kappa shape index (κ2) is 10.4. The van der Waals surface area contributed by atoms with Crippen LogP contribution in [0.2, 0.25) is 0 Å². The van der Waals surface area contributed by atoms with Crippen molar-refractivity contribution in [2.24, 2.45) is 0 Å². The lowest BCUT2D eigenvalue weighted by molar-refractivity contribution is -0.144. The third-order valence-electron chi connectivity index (χ3n) is 5.32. The number of ketones is 1. The van der Waals surface area contributed by atoms with Gasteiger partial charge in [-0.3, -0.25) is 29.0 Å². The largest absolute Gasteiger partial charge is 0.350 e. The number of carbonyl (C=O) groups is 5. The molecule has 3 N–H and O–H groups in total. The van der Waals surface area contributed by atoms with Crippen molar-refractivity contribution in [1.82, 2.24) is 25.8 Å². The Hall–Kier alpha value is -3.82. The van der Waals surface area contributed by atoms with Crippen LogP contribution in [-0.2, 0) is 19.2 Å². The minimum Gasteiger partial charge on any atom is -0.350 e. The van der Waals surface area contributed by atoms with E-state index in [1.807, 2.05) is 6.07 Å². The smallest absolute Gasteiger partial charge is 0.290 e. The van der Waals surface area contributed by atoms with Crippen LogP contribution in [0.25, 0.3) is 10.9 Å². The standard InChI is InChI=1S/C24H29N5O5/c1-24(2,3)28-19(30)13-26-23(34)21(32)18-9-6-12-29(18)20(31)14-27-22(33)16-10-11-25-17-8-5-4-7-15(16)17/h4-5,7-8,10-11,18H,6,9,12-14H2,1-3H3,(H,26,34)(H,27,33)(H,28,30)/t18-/m0/s1. The Bertz CT molecular complexity index is 1120. The van der Waals surface area contributed by atoms with Crippen LogP contribution in [0.1, 0.15) is 44.0 Å². The Morgan fingerprint density at radius 3 is 2.50 bits per heavy atom. The third kappa shape index (κ3) is 6.15. The normalized spacial score (nSPS) is 15.6. The van der Waals surface area contributed by atoms with Crippen molar-refractivity contribution in [2.75, 3.05) is 19.6 Å². The molecule has 1 fully saturated rings. The number of Topliss-reactive ketones (excluding diaryl/α,β-unsaturated/α-hetero) is 1. The number of para-hydroxylation sites is 1. The van der Waals surface area contributed by atoms with Crippen molar-refractivity contribution in [2.45, 2.75) is 45.2 Å². The van der Waals surface area contributed by atoms with Crippen molar-refractivity contribution in [3.05, 3.63) is 42.1 Å². The first-order chi connectivity index (χ1) is 16.1. The molecule has 10 heteroatoms. The quantitative estimate of drug-likeness (QED) is 0.509. The van der Waals surface area contributed by atoms with Crippen LogP contribution in [0, 0.1) is 0 Å². The first-order valence-corrected chi connectivity index (χ1v) is 11.1. The molecule has 34 heavy (non-hydrogen) atoms. The van der Waals surface area contributed by atoms with Crippen LogP contribution in [0.4, 0.5) is 0 Å². The van der Waals surface area contributed by atoms with Gasteiger partial charge in [0.2, 0.25) is 17.6 Å². The van der Waals surface area contributed by atoms with E-state index in [9.17, 15) is 24.0 Å². The fourth-order valence-electron chi connectivity index (χ4n) is 3.85. The first-order valence-electron chi connectivity index (χ1n) is 11.1. The van der Waals surface area contributed by atoms with E-state index in [-0.39, 0.29) is 13.1 Å². The summed E-state index contributed by atoms with van der Waals surface area (Å²) in [5.41, 5.74) is 0.585. The summed E-state index contributed by atoms with van der Waals surface area (Å²) in [6.07, 6.45) is 2.42. The second-order valence-corrected chi connectivity index (χ2v) is 9.15. The number of carbonyl (C=O) groups excluding carboxylic acids is 5. The summed E-state index contributed by atoms with van der Waals surface area (Å²) in [6.45, 7) is 5.07. The Labute approximate surface area is 197 Å². The summed E-state index contributed by atoms with van der Waals surface area (Å²) < 4.78 is 0. The summed E-state index contributed by atoms with van der Waals surface area (Å²) in [7, 11) is 0. The fraction of sp³-hybridized carbons (Fsp3) is 0.417. The van der Waals surface area contributed by atoms with Crippen LogP contribution in [-0.4, -0.2) is 70.5 Å². The van der Waals surface area contributed by atoms with E-state index in [1.54, 1.807) is 45.0 Å². The van der Waals surface area contributed by atoms with Gasteiger partial charge in [-0.2, -0.15) is 0 Å². The molecule has 1 saturated heterocycles. The van der Waals surface area contributed by atoms with E-state index >= 15 is 0 Å². The first kappa shape index (κ1) is 24.8. The summed E-state index contributed by atoms with van der Waals surface area (Å²) in [5, 5.41) is 8.26. The van der Waals surface area contributed by atoms with Gasteiger partial charge >= 0.3 is 0 Å². The van der Waals surface area contributed by atoms with E-state index in [0.29, 0.717) is 35.9 Å². The van der Waals surface area contributed by atoms with Crippen molar-refractivity contribution in [1.29, 1.82) is 0 Å². The van der Waals surface area contributed by atoms with Gasteiger partial charge in [-0.1, -0.05) is 18.2 Å². The van der Waals surface area contributed by atoms with Crippen molar-refractivity contribution < 1.29 is 24.0 Å². The van der Waals surface area contributed by atoms with E-state index in [0.717, 1.165) is 0 Å². The molecule has 3 rings (SSSR count). The van der Waals surface area contributed by atoms with Crippen LogP contribution in [0.5, 0.6) is 0 Å². The number of nitrogens with zero attached hydrogens (tertiary/aromatic N) is 2. The van der Waals surface area contributed by atoms with Gasteiger partial charge in [0, 0.05) is 23.7 Å². The number of fused-ring (bicyclic) bond motifs is 1. The third-order valence-corrected chi connectivity index (χ3v) is 5.32. The van der Waals surface area contributed by atoms with Crippen LogP contribution in [0.3, 0.4) is 0 Å². The molecule has 4 amide bonds. The van der Waals surface area contributed by atoms with Gasteiger partial charge in [0.05, 0.1) is 24.2 Å². The number of hydrogen-bond acceptors (Lipinski definition) is 6. The molecule has 0 aliphatic carbocycles. The molecule has 10 nitrogen and oxygen atoms in total. The van der Waals surface area contributed by atoms with Crippen LogP contribution >= 0.6 is 0 Å². The maximum Gasteiger partial charge on any atom is 0.290 e. The summed E-state index contributed by atoms with van der Waals surface area (Å²) >= 11 is 0. The monoisotopic (exact) mass is 467 g/mol. The average Bonchev–Trinajstić information content (AvgIpc) is 3.28. The number of nitrogens with one attached hydrogen (secondary N) is 3. The van der Waals surface area contributed by atoms with Gasteiger partial charge in [-0.15, -0.1) is 0 Å². The van der Waals surface area contributed by atoms with Gasteiger partial charge in [0.1, 0.15) is 6.04 Å². The molecule has 0 unspecified atom stereocenters. The van der Waals surface area contributed by atoms with Gasteiger partial charge < -0.3 is 20.9 Å². The molecule has 0 bridgehead atoms. The topological polar surface area (TPSA) is 138 Å². The summed E-state index contributed by atoms with van der Waals surface area (Å²) in [4.78, 5) is 67.8. The Morgan fingerprint density at radius 1 is 1.03 bits per heavy atom. The molecule has 0 saturated carbocycles. The number of benzene rings is 1.